The largest absolute Gasteiger partial charge is 0.480 e. The molecule has 0 radical (unpaired) electrons. The quantitative estimate of drug-likeness (QED) is 0.448. The van der Waals surface area contributed by atoms with E-state index in [0.29, 0.717) is 6.54 Å². The minimum atomic E-state index is -1.04. The summed E-state index contributed by atoms with van der Waals surface area (Å²) in [5.41, 5.74) is 4.69. The zero-order valence-electron chi connectivity index (χ0n) is 19.7. The maximum atomic E-state index is 12.7. The standard InChI is InChI=1S/C27H32N2O6/c30-25(31)17-34-14-13-28-26(32)19-8-2-1-7-18(19)15-29-27(33)35-16-24-22-11-5-3-9-20(22)21-10-4-6-12-23(21)24/h3-6,9-12,18-19,24H,1-2,7-8,13-17H2,(H,28,32)(H,29,33)(H,30,31)/t18-,19-/m0/s1. The molecule has 0 unspecified atom stereocenters. The lowest BCUT2D eigenvalue weighted by atomic mass is 9.78. The highest BCUT2D eigenvalue weighted by Crippen LogP contribution is 2.44. The van der Waals surface area contributed by atoms with Crippen LogP contribution in [0.1, 0.15) is 42.7 Å². The number of amides is 2. The number of aliphatic carboxylic acids is 1. The molecular formula is C27H32N2O6. The van der Waals surface area contributed by atoms with Crippen molar-refractivity contribution in [3.8, 4) is 11.1 Å². The third-order valence-electron chi connectivity index (χ3n) is 6.87. The molecule has 4 rings (SSSR count). The van der Waals surface area contributed by atoms with Crippen molar-refractivity contribution in [1.82, 2.24) is 10.6 Å². The molecule has 2 aromatic rings. The number of carboxylic acid groups (broad SMARTS) is 1. The van der Waals surface area contributed by atoms with Gasteiger partial charge in [0.1, 0.15) is 13.2 Å². The lowest BCUT2D eigenvalue weighted by Crippen LogP contribution is -2.42. The van der Waals surface area contributed by atoms with Crippen molar-refractivity contribution in [2.75, 3.05) is 32.9 Å². The number of benzene rings is 2. The average molecular weight is 481 g/mol. The summed E-state index contributed by atoms with van der Waals surface area (Å²) >= 11 is 0. The van der Waals surface area contributed by atoms with Crippen molar-refractivity contribution >= 4 is 18.0 Å². The van der Waals surface area contributed by atoms with Crippen LogP contribution in [0.2, 0.25) is 0 Å². The minimum absolute atomic E-state index is 0.00435. The third kappa shape index (κ3) is 6.19. The maximum Gasteiger partial charge on any atom is 0.407 e. The van der Waals surface area contributed by atoms with Crippen molar-refractivity contribution in [3.63, 3.8) is 0 Å². The lowest BCUT2D eigenvalue weighted by Gasteiger charge is -2.30. The average Bonchev–Trinajstić information content (AvgIpc) is 3.19. The van der Waals surface area contributed by atoms with Gasteiger partial charge < -0.3 is 25.2 Å². The molecule has 2 aliphatic rings. The Morgan fingerprint density at radius 2 is 1.57 bits per heavy atom. The number of fused-ring (bicyclic) bond motifs is 3. The monoisotopic (exact) mass is 480 g/mol. The van der Waals surface area contributed by atoms with Crippen LogP contribution in [0.25, 0.3) is 11.1 Å². The summed E-state index contributed by atoms with van der Waals surface area (Å²) < 4.78 is 10.6. The Bertz CT molecular complexity index is 1010. The van der Waals surface area contributed by atoms with Gasteiger partial charge in [0.05, 0.1) is 6.61 Å². The first-order valence-electron chi connectivity index (χ1n) is 12.2. The normalized spacial score (nSPS) is 18.9. The van der Waals surface area contributed by atoms with E-state index in [0.717, 1.165) is 36.8 Å². The molecule has 2 aliphatic carbocycles. The van der Waals surface area contributed by atoms with Crippen LogP contribution in [0, 0.1) is 11.8 Å². The number of hydrogen-bond donors (Lipinski definition) is 3. The molecule has 8 nitrogen and oxygen atoms in total. The Hall–Kier alpha value is -3.39. The van der Waals surface area contributed by atoms with Gasteiger partial charge in [-0.3, -0.25) is 4.79 Å². The fraction of sp³-hybridized carbons (Fsp3) is 0.444. The molecule has 8 heteroatoms. The molecule has 0 aliphatic heterocycles. The van der Waals surface area contributed by atoms with Crippen LogP contribution in [-0.2, 0) is 19.1 Å². The molecule has 1 fully saturated rings. The molecule has 0 spiro atoms. The number of alkyl carbamates (subject to hydrolysis) is 1. The van der Waals surface area contributed by atoms with Crippen molar-refractivity contribution in [3.05, 3.63) is 59.7 Å². The first kappa shape index (κ1) is 24.7. The summed E-state index contributed by atoms with van der Waals surface area (Å²) in [6.07, 6.45) is 3.13. The van der Waals surface area contributed by atoms with Crippen LogP contribution in [0.5, 0.6) is 0 Å². The maximum absolute atomic E-state index is 12.7. The topological polar surface area (TPSA) is 114 Å². The first-order valence-corrected chi connectivity index (χ1v) is 12.2. The number of carboxylic acids is 1. The number of carbonyl (C=O) groups is 3. The second kappa shape index (κ2) is 11.8. The van der Waals surface area contributed by atoms with E-state index in [-0.39, 0.29) is 50.0 Å². The summed E-state index contributed by atoms with van der Waals surface area (Å²) in [7, 11) is 0. The van der Waals surface area contributed by atoms with Gasteiger partial charge in [-0.25, -0.2) is 9.59 Å². The van der Waals surface area contributed by atoms with E-state index in [1.165, 1.54) is 11.1 Å². The van der Waals surface area contributed by atoms with Gasteiger partial charge in [-0.05, 0) is 41.0 Å². The number of ether oxygens (including phenoxy) is 2. The van der Waals surface area contributed by atoms with E-state index in [1.807, 2.05) is 24.3 Å². The molecule has 0 aromatic heterocycles. The van der Waals surface area contributed by atoms with Crippen LogP contribution in [0.4, 0.5) is 4.79 Å². The van der Waals surface area contributed by atoms with Crippen LogP contribution >= 0.6 is 0 Å². The molecule has 0 heterocycles. The van der Waals surface area contributed by atoms with Gasteiger partial charge in [0.25, 0.3) is 0 Å². The van der Waals surface area contributed by atoms with E-state index >= 15 is 0 Å². The van der Waals surface area contributed by atoms with Crippen LogP contribution in [-0.4, -0.2) is 56.0 Å². The van der Waals surface area contributed by atoms with Gasteiger partial charge in [0.2, 0.25) is 5.91 Å². The van der Waals surface area contributed by atoms with Gasteiger partial charge in [-0.15, -0.1) is 0 Å². The molecule has 2 atom stereocenters. The molecule has 1 saturated carbocycles. The number of hydrogen-bond acceptors (Lipinski definition) is 5. The predicted octanol–water partition coefficient (Wildman–Crippen LogP) is 3.55. The summed E-state index contributed by atoms with van der Waals surface area (Å²) in [6, 6.07) is 16.4. The Kier molecular flexibility index (Phi) is 8.36. The van der Waals surface area contributed by atoms with Gasteiger partial charge in [-0.2, -0.15) is 0 Å². The molecule has 3 N–H and O–H groups in total. The van der Waals surface area contributed by atoms with E-state index in [9.17, 15) is 14.4 Å². The van der Waals surface area contributed by atoms with Crippen molar-refractivity contribution < 1.29 is 29.0 Å². The van der Waals surface area contributed by atoms with Crippen LogP contribution in [0.3, 0.4) is 0 Å². The van der Waals surface area contributed by atoms with Crippen molar-refractivity contribution in [2.45, 2.75) is 31.6 Å². The Balaban J connectivity index is 1.25. The Labute approximate surface area is 205 Å². The molecule has 186 valence electrons. The number of carbonyl (C=O) groups excluding carboxylic acids is 2. The molecule has 0 bridgehead atoms. The molecule has 2 amide bonds. The van der Waals surface area contributed by atoms with E-state index < -0.39 is 12.1 Å². The highest BCUT2D eigenvalue weighted by molar-refractivity contribution is 5.80. The van der Waals surface area contributed by atoms with Gasteiger partial charge in [0.15, 0.2) is 0 Å². The van der Waals surface area contributed by atoms with E-state index in [1.54, 1.807) is 0 Å². The third-order valence-corrected chi connectivity index (χ3v) is 6.87. The van der Waals surface area contributed by atoms with Crippen LogP contribution < -0.4 is 10.6 Å². The molecule has 0 saturated heterocycles. The lowest BCUT2D eigenvalue weighted by molar-refractivity contribution is -0.142. The molecule has 2 aromatic carbocycles. The molecular weight excluding hydrogens is 448 g/mol. The van der Waals surface area contributed by atoms with Gasteiger partial charge >= 0.3 is 12.1 Å². The summed E-state index contributed by atoms with van der Waals surface area (Å²) in [6.45, 7) is 0.656. The predicted molar refractivity (Wildman–Crippen MR) is 130 cm³/mol. The highest BCUT2D eigenvalue weighted by Gasteiger charge is 2.32. The number of rotatable bonds is 10. The fourth-order valence-electron chi connectivity index (χ4n) is 5.20. The first-order chi connectivity index (χ1) is 17.0. The van der Waals surface area contributed by atoms with Crippen molar-refractivity contribution in [1.29, 1.82) is 0 Å². The zero-order chi connectivity index (χ0) is 24.6. The number of nitrogens with one attached hydrogen (secondary N) is 2. The smallest absolute Gasteiger partial charge is 0.407 e. The zero-order valence-corrected chi connectivity index (χ0v) is 19.7. The van der Waals surface area contributed by atoms with E-state index in [4.69, 9.17) is 14.6 Å². The Morgan fingerprint density at radius 1 is 0.914 bits per heavy atom. The fourth-order valence-corrected chi connectivity index (χ4v) is 5.20. The SMILES string of the molecule is O=C(O)COCCNC(=O)[C@H]1CCCC[C@H]1CNC(=O)OCC1c2ccccc2-c2ccccc21. The second-order valence-corrected chi connectivity index (χ2v) is 9.09. The van der Waals surface area contributed by atoms with Gasteiger partial charge in [-0.1, -0.05) is 61.4 Å². The van der Waals surface area contributed by atoms with E-state index in [2.05, 4.69) is 34.9 Å². The summed E-state index contributed by atoms with van der Waals surface area (Å²) in [5, 5.41) is 14.3. The summed E-state index contributed by atoms with van der Waals surface area (Å²) in [4.78, 5) is 35.7. The van der Waals surface area contributed by atoms with Crippen molar-refractivity contribution in [2.24, 2.45) is 11.8 Å². The van der Waals surface area contributed by atoms with Gasteiger partial charge in [0, 0.05) is 24.9 Å². The Morgan fingerprint density at radius 3 is 2.26 bits per heavy atom. The summed E-state index contributed by atoms with van der Waals surface area (Å²) in [5.74, 6) is -1.28. The van der Waals surface area contributed by atoms with Crippen LogP contribution in [0.15, 0.2) is 48.5 Å². The highest BCUT2D eigenvalue weighted by atomic mass is 16.5. The second-order valence-electron chi connectivity index (χ2n) is 9.09. The minimum Gasteiger partial charge on any atom is -0.480 e. The molecule has 35 heavy (non-hydrogen) atoms.